The van der Waals surface area contributed by atoms with E-state index < -0.39 is 0 Å². The highest BCUT2D eigenvalue weighted by Gasteiger charge is 2.13. The molecule has 4 nitrogen and oxygen atoms in total. The van der Waals surface area contributed by atoms with Crippen molar-refractivity contribution in [2.45, 2.75) is 13.1 Å². The lowest BCUT2D eigenvalue weighted by Gasteiger charge is -2.23. The number of nitrogens with one attached hydrogen (secondary N) is 1. The number of carbonyl (C=O) groups is 1. The smallest absolute Gasteiger partial charge is 0.318 e. The molecule has 0 aliphatic carbocycles. The second kappa shape index (κ2) is 7.71. The van der Waals surface area contributed by atoms with E-state index in [1.165, 1.54) is 0 Å². The van der Waals surface area contributed by atoms with Gasteiger partial charge in [-0.15, -0.1) is 0 Å². The van der Waals surface area contributed by atoms with Gasteiger partial charge in [0, 0.05) is 13.1 Å². The third kappa shape index (κ3) is 4.66. The topological polar surface area (TPSA) is 56.1 Å². The molecule has 4 heteroatoms. The minimum Gasteiger partial charge on any atom is -0.325 e. The summed E-state index contributed by atoms with van der Waals surface area (Å²) in [5.74, 6) is 0. The maximum absolute atomic E-state index is 12.2. The molecule has 2 aromatic rings. The normalized spacial score (nSPS) is 9.67. The van der Waals surface area contributed by atoms with E-state index in [1.807, 2.05) is 66.7 Å². The van der Waals surface area contributed by atoms with Crippen LogP contribution in [-0.4, -0.2) is 17.5 Å². The second-order valence-electron chi connectivity index (χ2n) is 4.64. The summed E-state index contributed by atoms with van der Waals surface area (Å²) in [5, 5.41) is 11.2. The molecule has 0 saturated heterocycles. The van der Waals surface area contributed by atoms with Crippen LogP contribution in [0.5, 0.6) is 0 Å². The number of hydrogen-bond donors (Lipinski definition) is 1. The van der Waals surface area contributed by atoms with Crippen molar-refractivity contribution in [1.29, 1.82) is 5.26 Å². The summed E-state index contributed by atoms with van der Waals surface area (Å²) in [6.45, 7) is 1.03. The van der Waals surface area contributed by atoms with Crippen LogP contribution in [0.4, 0.5) is 4.79 Å². The molecule has 0 aliphatic heterocycles. The monoisotopic (exact) mass is 279 g/mol. The van der Waals surface area contributed by atoms with Gasteiger partial charge in [0.05, 0.1) is 6.07 Å². The van der Waals surface area contributed by atoms with Gasteiger partial charge in [0.15, 0.2) is 0 Å². The van der Waals surface area contributed by atoms with Crippen LogP contribution < -0.4 is 5.32 Å². The fourth-order valence-electron chi connectivity index (χ4n) is 2.03. The van der Waals surface area contributed by atoms with Crippen molar-refractivity contribution in [1.82, 2.24) is 10.2 Å². The summed E-state index contributed by atoms with van der Waals surface area (Å²) in [6.07, 6.45) is 0. The van der Waals surface area contributed by atoms with E-state index in [1.54, 1.807) is 4.90 Å². The van der Waals surface area contributed by atoms with Crippen molar-refractivity contribution in [2.24, 2.45) is 0 Å². The van der Waals surface area contributed by atoms with Crippen molar-refractivity contribution in [3.63, 3.8) is 0 Å². The third-order valence-electron chi connectivity index (χ3n) is 3.04. The fourth-order valence-corrected chi connectivity index (χ4v) is 2.03. The Kier molecular flexibility index (Phi) is 5.36. The molecule has 1 N–H and O–H groups in total. The van der Waals surface area contributed by atoms with E-state index >= 15 is 0 Å². The quantitative estimate of drug-likeness (QED) is 0.855. The van der Waals surface area contributed by atoms with E-state index in [-0.39, 0.29) is 12.6 Å². The van der Waals surface area contributed by atoms with E-state index in [9.17, 15) is 4.79 Å². The van der Waals surface area contributed by atoms with Crippen LogP contribution in [-0.2, 0) is 13.1 Å². The summed E-state index contributed by atoms with van der Waals surface area (Å²) in [7, 11) is 0. The van der Waals surface area contributed by atoms with Crippen molar-refractivity contribution in [2.75, 3.05) is 6.54 Å². The highest BCUT2D eigenvalue weighted by Crippen LogP contribution is 2.10. The third-order valence-corrected chi connectivity index (χ3v) is 3.04. The molecule has 0 atom stereocenters. The van der Waals surface area contributed by atoms with E-state index in [2.05, 4.69) is 5.32 Å². The molecule has 0 heterocycles. The molecule has 21 heavy (non-hydrogen) atoms. The fraction of sp³-hybridized carbons (Fsp3) is 0.176. The Morgan fingerprint density at radius 1 is 0.952 bits per heavy atom. The molecule has 2 rings (SSSR count). The number of carbonyl (C=O) groups excluding carboxylic acids is 1. The molecule has 0 radical (unpaired) electrons. The maximum Gasteiger partial charge on any atom is 0.318 e. The standard InChI is InChI=1S/C17H17N3O/c18-11-12-19-17(21)20(13-15-7-3-1-4-8-15)14-16-9-5-2-6-10-16/h1-10H,12-14H2,(H,19,21). The zero-order valence-corrected chi connectivity index (χ0v) is 11.7. The second-order valence-corrected chi connectivity index (χ2v) is 4.64. The molecule has 2 aromatic carbocycles. The van der Waals surface area contributed by atoms with Gasteiger partial charge in [-0.25, -0.2) is 4.79 Å². The van der Waals surface area contributed by atoms with Gasteiger partial charge in [0.25, 0.3) is 0 Å². The number of amides is 2. The van der Waals surface area contributed by atoms with Crippen LogP contribution in [0.15, 0.2) is 60.7 Å². The molecule has 0 fully saturated rings. The van der Waals surface area contributed by atoms with Gasteiger partial charge in [-0.3, -0.25) is 0 Å². The Hall–Kier alpha value is -2.80. The first kappa shape index (κ1) is 14.6. The van der Waals surface area contributed by atoms with Gasteiger partial charge in [-0.05, 0) is 11.1 Å². The van der Waals surface area contributed by atoms with Crippen LogP contribution in [0.3, 0.4) is 0 Å². The zero-order chi connectivity index (χ0) is 14.9. The number of nitriles is 1. The molecular formula is C17H17N3O. The van der Waals surface area contributed by atoms with Gasteiger partial charge >= 0.3 is 6.03 Å². The molecule has 0 spiro atoms. The van der Waals surface area contributed by atoms with Crippen molar-refractivity contribution in [3.8, 4) is 6.07 Å². The minimum atomic E-state index is -0.232. The Balaban J connectivity index is 2.10. The lowest BCUT2D eigenvalue weighted by atomic mass is 10.2. The lowest BCUT2D eigenvalue weighted by molar-refractivity contribution is 0.193. The molecule has 0 aliphatic rings. The van der Waals surface area contributed by atoms with Gasteiger partial charge in [-0.1, -0.05) is 60.7 Å². The first-order chi connectivity index (χ1) is 10.3. The SMILES string of the molecule is N#CCNC(=O)N(Cc1ccccc1)Cc1ccccc1. The van der Waals surface area contributed by atoms with Crippen molar-refractivity contribution in [3.05, 3.63) is 71.8 Å². The van der Waals surface area contributed by atoms with Gasteiger partial charge in [0.1, 0.15) is 6.54 Å². The lowest BCUT2D eigenvalue weighted by Crippen LogP contribution is -2.39. The van der Waals surface area contributed by atoms with Gasteiger partial charge in [0.2, 0.25) is 0 Å². The number of hydrogen-bond acceptors (Lipinski definition) is 2. The minimum absolute atomic E-state index is 0.0128. The summed E-state index contributed by atoms with van der Waals surface area (Å²) in [4.78, 5) is 13.9. The molecular weight excluding hydrogens is 262 g/mol. The van der Waals surface area contributed by atoms with Crippen LogP contribution in [0.25, 0.3) is 0 Å². The summed E-state index contributed by atoms with van der Waals surface area (Å²) < 4.78 is 0. The van der Waals surface area contributed by atoms with E-state index in [0.717, 1.165) is 11.1 Å². The first-order valence-electron chi connectivity index (χ1n) is 6.77. The van der Waals surface area contributed by atoms with Crippen LogP contribution in [0.1, 0.15) is 11.1 Å². The average Bonchev–Trinajstić information content (AvgIpc) is 2.54. The molecule has 0 saturated carbocycles. The van der Waals surface area contributed by atoms with E-state index in [4.69, 9.17) is 5.26 Å². The first-order valence-corrected chi connectivity index (χ1v) is 6.77. The number of nitrogens with zero attached hydrogens (tertiary/aromatic N) is 2. The average molecular weight is 279 g/mol. The summed E-state index contributed by atoms with van der Waals surface area (Å²) in [6, 6.07) is 21.3. The van der Waals surface area contributed by atoms with Crippen molar-refractivity contribution >= 4 is 6.03 Å². The Morgan fingerprint density at radius 3 is 1.86 bits per heavy atom. The van der Waals surface area contributed by atoms with Gasteiger partial charge < -0.3 is 10.2 Å². The van der Waals surface area contributed by atoms with Crippen LogP contribution in [0, 0.1) is 11.3 Å². The number of urea groups is 1. The van der Waals surface area contributed by atoms with Crippen LogP contribution >= 0.6 is 0 Å². The molecule has 2 amide bonds. The maximum atomic E-state index is 12.2. The van der Waals surface area contributed by atoms with Crippen molar-refractivity contribution < 1.29 is 4.79 Å². The number of rotatable bonds is 5. The largest absolute Gasteiger partial charge is 0.325 e. The highest BCUT2D eigenvalue weighted by molar-refractivity contribution is 5.74. The zero-order valence-electron chi connectivity index (χ0n) is 11.7. The Morgan fingerprint density at radius 2 is 1.43 bits per heavy atom. The Bertz CT molecular complexity index is 563. The highest BCUT2D eigenvalue weighted by atomic mass is 16.2. The molecule has 0 unspecified atom stereocenters. The predicted molar refractivity (Wildman–Crippen MR) is 81.1 cm³/mol. The summed E-state index contributed by atoms with van der Waals surface area (Å²) in [5.41, 5.74) is 2.11. The van der Waals surface area contributed by atoms with E-state index in [0.29, 0.717) is 13.1 Å². The summed E-state index contributed by atoms with van der Waals surface area (Å²) >= 11 is 0. The predicted octanol–water partition coefficient (Wildman–Crippen LogP) is 2.92. The molecule has 0 bridgehead atoms. The number of benzene rings is 2. The Labute approximate surface area is 124 Å². The van der Waals surface area contributed by atoms with Crippen LogP contribution in [0.2, 0.25) is 0 Å². The molecule has 0 aromatic heterocycles. The van der Waals surface area contributed by atoms with Gasteiger partial charge in [-0.2, -0.15) is 5.26 Å². The molecule has 106 valence electrons.